The van der Waals surface area contributed by atoms with Gasteiger partial charge in [0.05, 0.1) is 13.2 Å². The van der Waals surface area contributed by atoms with Crippen LogP contribution in [0.5, 0.6) is 0 Å². The molecule has 0 bridgehead atoms. The van der Waals surface area contributed by atoms with Crippen LogP contribution >= 0.6 is 0 Å². The third-order valence-electron chi connectivity index (χ3n) is 2.38. The molecule has 1 aromatic heterocycles. The summed E-state index contributed by atoms with van der Waals surface area (Å²) in [6, 6.07) is 0. The van der Waals surface area contributed by atoms with Crippen LogP contribution in [0.4, 0.5) is 0 Å². The highest BCUT2D eigenvalue weighted by Crippen LogP contribution is 2.11. The van der Waals surface area contributed by atoms with E-state index in [1.165, 1.54) is 0 Å². The summed E-state index contributed by atoms with van der Waals surface area (Å²) >= 11 is 0. The molecule has 2 aliphatic rings. The lowest BCUT2D eigenvalue weighted by Gasteiger charge is -1.90. The van der Waals surface area contributed by atoms with Crippen molar-refractivity contribution in [1.29, 1.82) is 0 Å². The minimum absolute atomic E-state index is 0.457. The summed E-state index contributed by atoms with van der Waals surface area (Å²) < 4.78 is 14.7. The lowest BCUT2D eigenvalue weighted by Crippen LogP contribution is -2.34. The molecule has 0 radical (unpaired) electrons. The van der Waals surface area contributed by atoms with Crippen LogP contribution in [0.2, 0.25) is 0 Å². The van der Waals surface area contributed by atoms with Gasteiger partial charge in [-0.15, -0.1) is 0 Å². The third kappa shape index (κ3) is 1.89. The van der Waals surface area contributed by atoms with Gasteiger partial charge in [-0.05, 0) is 0 Å². The molecule has 0 N–H and O–H groups in total. The van der Waals surface area contributed by atoms with Crippen molar-refractivity contribution in [2.24, 2.45) is 0 Å². The molecule has 13 heavy (non-hydrogen) atoms. The predicted molar refractivity (Wildman–Crippen MR) is 44.1 cm³/mol. The van der Waals surface area contributed by atoms with Crippen LogP contribution in [0.3, 0.4) is 0 Å². The number of hydrogen-bond donors (Lipinski definition) is 0. The van der Waals surface area contributed by atoms with Crippen LogP contribution in [-0.2, 0) is 22.6 Å². The van der Waals surface area contributed by atoms with Gasteiger partial charge in [-0.2, -0.15) is 0 Å². The van der Waals surface area contributed by atoms with Crippen molar-refractivity contribution in [3.8, 4) is 0 Å². The van der Waals surface area contributed by atoms with Gasteiger partial charge in [-0.25, -0.2) is 9.13 Å². The van der Waals surface area contributed by atoms with Gasteiger partial charge in [0.2, 0.25) is 6.33 Å². The van der Waals surface area contributed by atoms with E-state index in [1.807, 2.05) is 0 Å². The van der Waals surface area contributed by atoms with Gasteiger partial charge >= 0.3 is 0 Å². The fourth-order valence-electron chi connectivity index (χ4n) is 1.47. The third-order valence-corrected chi connectivity index (χ3v) is 2.38. The van der Waals surface area contributed by atoms with Crippen molar-refractivity contribution >= 4 is 0 Å². The van der Waals surface area contributed by atoms with Crippen molar-refractivity contribution in [3.63, 3.8) is 0 Å². The Labute approximate surface area is 76.7 Å². The largest absolute Gasteiger partial charge is 0.369 e. The monoisotopic (exact) mass is 181 g/mol. The summed E-state index contributed by atoms with van der Waals surface area (Å²) in [6.45, 7) is 3.81. The molecule has 3 rings (SSSR count). The first kappa shape index (κ1) is 7.53. The highest BCUT2D eigenvalue weighted by atomic mass is 16.6. The topological polar surface area (TPSA) is 33.9 Å². The zero-order valence-corrected chi connectivity index (χ0v) is 7.43. The van der Waals surface area contributed by atoms with Crippen LogP contribution in [-0.4, -0.2) is 30.0 Å². The molecule has 2 atom stereocenters. The van der Waals surface area contributed by atoms with Gasteiger partial charge in [0, 0.05) is 0 Å². The van der Waals surface area contributed by atoms with Crippen molar-refractivity contribution in [1.82, 2.24) is 4.57 Å². The molecule has 2 fully saturated rings. The molecule has 2 unspecified atom stereocenters. The fraction of sp³-hybridized carbons (Fsp3) is 0.667. The van der Waals surface area contributed by atoms with E-state index in [-0.39, 0.29) is 0 Å². The van der Waals surface area contributed by atoms with E-state index >= 15 is 0 Å². The Balaban J connectivity index is 1.62. The molecule has 3 heterocycles. The first-order valence-electron chi connectivity index (χ1n) is 4.68. The van der Waals surface area contributed by atoms with E-state index < -0.39 is 0 Å². The Morgan fingerprint density at radius 1 is 1.31 bits per heavy atom. The van der Waals surface area contributed by atoms with Gasteiger partial charge in [0.25, 0.3) is 0 Å². The first-order chi connectivity index (χ1) is 6.40. The number of ether oxygens (including phenoxy) is 2. The summed E-state index contributed by atoms with van der Waals surface area (Å²) in [6.07, 6.45) is 7.20. The first-order valence-corrected chi connectivity index (χ1v) is 4.68. The van der Waals surface area contributed by atoms with Crippen LogP contribution in [0.25, 0.3) is 0 Å². The van der Waals surface area contributed by atoms with E-state index in [4.69, 9.17) is 9.47 Å². The molecule has 70 valence electrons. The Kier molecular flexibility index (Phi) is 1.63. The highest BCUT2D eigenvalue weighted by molar-refractivity contribution is 4.75. The lowest BCUT2D eigenvalue weighted by atomic mass is 10.5. The molecule has 0 saturated carbocycles. The summed E-state index contributed by atoms with van der Waals surface area (Å²) in [7, 11) is 0. The number of imidazole rings is 1. The number of nitrogens with zero attached hydrogens (tertiary/aromatic N) is 2. The van der Waals surface area contributed by atoms with Gasteiger partial charge in [-0.1, -0.05) is 0 Å². The summed E-state index contributed by atoms with van der Waals surface area (Å²) in [5, 5.41) is 0. The molecule has 0 aromatic carbocycles. The maximum absolute atomic E-state index is 5.16. The van der Waals surface area contributed by atoms with E-state index in [1.54, 1.807) is 0 Å². The standard InChI is InChI=1S/C9H13N2O2/c1-2-11(4-9-6-13-9)7-10(1)3-8-5-12-8/h1-2,7-9H,3-6H2/q+1. The molecule has 2 aliphatic heterocycles. The van der Waals surface area contributed by atoms with E-state index in [0.717, 1.165) is 26.3 Å². The van der Waals surface area contributed by atoms with Gasteiger partial charge in [0.1, 0.15) is 37.7 Å². The fourth-order valence-corrected chi connectivity index (χ4v) is 1.47. The predicted octanol–water partition coefficient (Wildman–Crippen LogP) is -0.427. The molecule has 2 saturated heterocycles. The molecule has 0 amide bonds. The lowest BCUT2D eigenvalue weighted by molar-refractivity contribution is -0.697. The molecule has 4 heteroatoms. The van der Waals surface area contributed by atoms with Crippen molar-refractivity contribution in [2.75, 3.05) is 13.2 Å². The molecule has 1 aromatic rings. The second-order valence-corrected chi connectivity index (χ2v) is 3.72. The SMILES string of the molecule is c1c[n+](CC2CO2)cn1CC1CO1. The van der Waals surface area contributed by atoms with Crippen molar-refractivity contribution in [3.05, 3.63) is 18.7 Å². The molecule has 0 aliphatic carbocycles. The Morgan fingerprint density at radius 2 is 2.08 bits per heavy atom. The zero-order chi connectivity index (χ0) is 8.67. The maximum atomic E-state index is 5.16. The molecular weight excluding hydrogens is 168 g/mol. The van der Waals surface area contributed by atoms with E-state index in [9.17, 15) is 0 Å². The molecule has 0 spiro atoms. The van der Waals surface area contributed by atoms with Crippen molar-refractivity contribution in [2.45, 2.75) is 25.3 Å². The number of aromatic nitrogens is 2. The minimum atomic E-state index is 0.457. The Bertz CT molecular complexity index is 274. The van der Waals surface area contributed by atoms with Crippen LogP contribution < -0.4 is 4.57 Å². The normalized spacial score (nSPS) is 30.5. The van der Waals surface area contributed by atoms with Gasteiger partial charge in [-0.3, -0.25) is 0 Å². The molecular formula is C9H13N2O2+. The second-order valence-electron chi connectivity index (χ2n) is 3.72. The van der Waals surface area contributed by atoms with Crippen LogP contribution in [0.1, 0.15) is 0 Å². The highest BCUT2D eigenvalue weighted by Gasteiger charge is 2.27. The van der Waals surface area contributed by atoms with Gasteiger partial charge < -0.3 is 9.47 Å². The number of epoxide rings is 2. The smallest absolute Gasteiger partial charge is 0.243 e. The van der Waals surface area contributed by atoms with Gasteiger partial charge in [0.15, 0.2) is 0 Å². The van der Waals surface area contributed by atoms with Crippen molar-refractivity contribution < 1.29 is 14.0 Å². The van der Waals surface area contributed by atoms with Crippen LogP contribution in [0.15, 0.2) is 18.7 Å². The second kappa shape index (κ2) is 2.82. The minimum Gasteiger partial charge on any atom is -0.369 e. The quantitative estimate of drug-likeness (QED) is 0.466. The Morgan fingerprint density at radius 3 is 2.77 bits per heavy atom. The van der Waals surface area contributed by atoms with E-state index in [0.29, 0.717) is 12.2 Å². The van der Waals surface area contributed by atoms with Crippen LogP contribution in [0, 0.1) is 0 Å². The summed E-state index contributed by atoms with van der Waals surface area (Å²) in [4.78, 5) is 0. The number of hydrogen-bond acceptors (Lipinski definition) is 2. The Hall–Kier alpha value is -0.870. The zero-order valence-electron chi connectivity index (χ0n) is 7.43. The number of rotatable bonds is 4. The van der Waals surface area contributed by atoms with E-state index in [2.05, 4.69) is 27.9 Å². The summed E-state index contributed by atoms with van der Waals surface area (Å²) in [5.74, 6) is 0. The maximum Gasteiger partial charge on any atom is 0.243 e. The average molecular weight is 181 g/mol. The summed E-state index contributed by atoms with van der Waals surface area (Å²) in [5.41, 5.74) is 0. The molecule has 4 nitrogen and oxygen atoms in total. The average Bonchev–Trinajstić information content (AvgIpc) is 2.96.